The molecule has 0 aliphatic carbocycles. The molecule has 1 amide bonds. The van der Waals surface area contributed by atoms with E-state index >= 15 is 0 Å². The van der Waals surface area contributed by atoms with Gasteiger partial charge >= 0.3 is 0 Å². The van der Waals surface area contributed by atoms with Gasteiger partial charge in [-0.3, -0.25) is 4.79 Å². The minimum atomic E-state index is -0.169. The highest BCUT2D eigenvalue weighted by Gasteiger charge is 1.99. The Hall–Kier alpha value is -1.90. The van der Waals surface area contributed by atoms with Crippen molar-refractivity contribution in [3.8, 4) is 6.07 Å². The van der Waals surface area contributed by atoms with Crippen LogP contribution in [0.4, 0.5) is 0 Å². The summed E-state index contributed by atoms with van der Waals surface area (Å²) in [6.07, 6.45) is 1.19. The molecule has 0 atom stereocenters. The van der Waals surface area contributed by atoms with Crippen LogP contribution in [0.3, 0.4) is 0 Å². The quantitative estimate of drug-likeness (QED) is 0.630. The van der Waals surface area contributed by atoms with Crippen molar-refractivity contribution in [1.29, 1.82) is 5.26 Å². The van der Waals surface area contributed by atoms with E-state index in [1.54, 1.807) is 0 Å². The molecule has 0 heterocycles. The van der Waals surface area contributed by atoms with E-state index in [0.717, 1.165) is 19.5 Å². The second-order valence-corrected chi connectivity index (χ2v) is 4.33. The number of nitriles is 1. The average molecular weight is 275 g/mol. The van der Waals surface area contributed by atoms with E-state index in [-0.39, 0.29) is 12.5 Å². The normalized spacial score (nSPS) is 9.95. The molecule has 0 unspecified atom stereocenters. The summed E-state index contributed by atoms with van der Waals surface area (Å²) in [4.78, 5) is 11.2. The second-order valence-electron chi connectivity index (χ2n) is 4.33. The van der Waals surface area contributed by atoms with Crippen molar-refractivity contribution >= 4 is 5.91 Å². The molecule has 0 aromatic heterocycles. The predicted molar refractivity (Wildman–Crippen MR) is 76.8 cm³/mol. The maximum absolute atomic E-state index is 11.2. The van der Waals surface area contributed by atoms with Crippen LogP contribution in [0.25, 0.3) is 0 Å². The van der Waals surface area contributed by atoms with Crippen molar-refractivity contribution in [2.75, 3.05) is 26.3 Å². The molecule has 0 spiro atoms. The molecule has 0 aliphatic rings. The standard InChI is InChI=1S/C15H21N3O2/c16-8-4-10-18-15(19)13-20-11-5-9-17-12-14-6-2-1-3-7-14/h1-3,6-7,17H,4-5,9-13H2,(H,18,19). The fourth-order valence-corrected chi connectivity index (χ4v) is 1.60. The topological polar surface area (TPSA) is 74.2 Å². The molecule has 108 valence electrons. The Morgan fingerprint density at radius 2 is 2.05 bits per heavy atom. The van der Waals surface area contributed by atoms with E-state index in [4.69, 9.17) is 10.00 Å². The number of carbonyl (C=O) groups is 1. The van der Waals surface area contributed by atoms with E-state index in [9.17, 15) is 4.79 Å². The lowest BCUT2D eigenvalue weighted by atomic mass is 10.2. The molecular weight excluding hydrogens is 254 g/mol. The third-order valence-corrected chi connectivity index (χ3v) is 2.61. The van der Waals surface area contributed by atoms with Crippen LogP contribution in [0.5, 0.6) is 0 Å². The molecule has 0 saturated carbocycles. The first-order valence-electron chi connectivity index (χ1n) is 6.79. The number of amides is 1. The van der Waals surface area contributed by atoms with Crippen LogP contribution in [0.1, 0.15) is 18.4 Å². The Balaban J connectivity index is 1.90. The summed E-state index contributed by atoms with van der Waals surface area (Å²) in [6.45, 7) is 2.69. The number of nitrogens with one attached hydrogen (secondary N) is 2. The van der Waals surface area contributed by atoms with E-state index in [0.29, 0.717) is 19.6 Å². The predicted octanol–water partition coefficient (Wildman–Crippen LogP) is 1.21. The maximum atomic E-state index is 11.2. The minimum Gasteiger partial charge on any atom is -0.372 e. The molecule has 5 nitrogen and oxygen atoms in total. The molecule has 1 aromatic rings. The molecule has 0 aliphatic heterocycles. The molecule has 0 fully saturated rings. The summed E-state index contributed by atoms with van der Waals surface area (Å²) in [6, 6.07) is 12.2. The highest BCUT2D eigenvalue weighted by atomic mass is 16.5. The Kier molecular flexibility index (Phi) is 8.86. The van der Waals surface area contributed by atoms with Crippen LogP contribution in [0.2, 0.25) is 0 Å². The van der Waals surface area contributed by atoms with Gasteiger partial charge in [-0.2, -0.15) is 5.26 Å². The molecule has 2 N–H and O–H groups in total. The molecular formula is C15H21N3O2. The van der Waals surface area contributed by atoms with E-state index < -0.39 is 0 Å². The van der Waals surface area contributed by atoms with Crippen molar-refractivity contribution in [3.63, 3.8) is 0 Å². The van der Waals surface area contributed by atoms with Gasteiger partial charge in [-0.05, 0) is 18.5 Å². The summed E-state index contributed by atoms with van der Waals surface area (Å²) in [7, 11) is 0. The largest absolute Gasteiger partial charge is 0.372 e. The molecule has 0 saturated heterocycles. The van der Waals surface area contributed by atoms with Gasteiger partial charge in [-0.15, -0.1) is 0 Å². The summed E-state index contributed by atoms with van der Waals surface area (Å²) >= 11 is 0. The first kappa shape index (κ1) is 16.2. The van der Waals surface area contributed by atoms with Crippen LogP contribution < -0.4 is 10.6 Å². The molecule has 1 rings (SSSR count). The van der Waals surface area contributed by atoms with Gasteiger partial charge in [0.1, 0.15) is 6.61 Å². The van der Waals surface area contributed by atoms with Gasteiger partial charge in [0.05, 0.1) is 12.5 Å². The Bertz CT molecular complexity index is 415. The smallest absolute Gasteiger partial charge is 0.246 e. The van der Waals surface area contributed by atoms with Gasteiger partial charge < -0.3 is 15.4 Å². The Morgan fingerprint density at radius 3 is 2.80 bits per heavy atom. The van der Waals surface area contributed by atoms with Gasteiger partial charge in [-0.25, -0.2) is 0 Å². The summed E-state index contributed by atoms with van der Waals surface area (Å²) in [5.74, 6) is -0.169. The number of hydrogen-bond acceptors (Lipinski definition) is 4. The molecule has 0 radical (unpaired) electrons. The average Bonchev–Trinajstić information content (AvgIpc) is 2.47. The number of benzene rings is 1. The highest BCUT2D eigenvalue weighted by molar-refractivity contribution is 5.77. The lowest BCUT2D eigenvalue weighted by Crippen LogP contribution is -2.28. The van der Waals surface area contributed by atoms with Crippen molar-refractivity contribution in [3.05, 3.63) is 35.9 Å². The lowest BCUT2D eigenvalue weighted by Gasteiger charge is -2.06. The molecule has 1 aromatic carbocycles. The first-order chi connectivity index (χ1) is 9.83. The Labute approximate surface area is 119 Å². The molecule has 0 bridgehead atoms. The Morgan fingerprint density at radius 1 is 1.25 bits per heavy atom. The van der Waals surface area contributed by atoms with Crippen LogP contribution >= 0.6 is 0 Å². The summed E-state index contributed by atoms with van der Waals surface area (Å²) < 4.78 is 5.24. The zero-order chi connectivity index (χ0) is 14.5. The van der Waals surface area contributed by atoms with Crippen LogP contribution in [0.15, 0.2) is 30.3 Å². The molecule has 5 heteroatoms. The van der Waals surface area contributed by atoms with Crippen molar-refractivity contribution in [1.82, 2.24) is 10.6 Å². The monoisotopic (exact) mass is 275 g/mol. The van der Waals surface area contributed by atoms with E-state index in [1.165, 1.54) is 5.56 Å². The number of hydrogen-bond donors (Lipinski definition) is 2. The zero-order valence-corrected chi connectivity index (χ0v) is 11.6. The summed E-state index contributed by atoms with van der Waals surface area (Å²) in [5.41, 5.74) is 1.25. The van der Waals surface area contributed by atoms with Crippen LogP contribution in [0, 0.1) is 11.3 Å². The van der Waals surface area contributed by atoms with E-state index in [1.807, 2.05) is 24.3 Å². The fraction of sp³-hybridized carbons (Fsp3) is 0.467. The lowest BCUT2D eigenvalue weighted by molar-refractivity contribution is -0.125. The number of rotatable bonds is 10. The maximum Gasteiger partial charge on any atom is 0.246 e. The second kappa shape index (κ2) is 11.0. The zero-order valence-electron chi connectivity index (χ0n) is 11.6. The van der Waals surface area contributed by atoms with Crippen LogP contribution in [-0.2, 0) is 16.1 Å². The molecule has 20 heavy (non-hydrogen) atoms. The number of carbonyl (C=O) groups excluding carboxylic acids is 1. The van der Waals surface area contributed by atoms with Crippen molar-refractivity contribution in [2.45, 2.75) is 19.4 Å². The van der Waals surface area contributed by atoms with Crippen molar-refractivity contribution in [2.24, 2.45) is 0 Å². The van der Waals surface area contributed by atoms with Crippen molar-refractivity contribution < 1.29 is 9.53 Å². The van der Waals surface area contributed by atoms with Gasteiger partial charge in [-0.1, -0.05) is 30.3 Å². The van der Waals surface area contributed by atoms with Gasteiger partial charge in [0.15, 0.2) is 0 Å². The van der Waals surface area contributed by atoms with Gasteiger partial charge in [0.25, 0.3) is 0 Å². The van der Waals surface area contributed by atoms with Gasteiger partial charge in [0.2, 0.25) is 5.91 Å². The first-order valence-corrected chi connectivity index (χ1v) is 6.79. The fourth-order valence-electron chi connectivity index (χ4n) is 1.60. The summed E-state index contributed by atoms with van der Waals surface area (Å²) in [5, 5.41) is 14.2. The SMILES string of the molecule is N#CCCNC(=O)COCCCNCc1ccccc1. The highest BCUT2D eigenvalue weighted by Crippen LogP contribution is 1.96. The third-order valence-electron chi connectivity index (χ3n) is 2.61. The third kappa shape index (κ3) is 8.25. The van der Waals surface area contributed by atoms with Gasteiger partial charge in [0, 0.05) is 19.7 Å². The van der Waals surface area contributed by atoms with Crippen LogP contribution in [-0.4, -0.2) is 32.2 Å². The number of ether oxygens (including phenoxy) is 1. The number of nitrogens with zero attached hydrogens (tertiary/aromatic N) is 1. The van der Waals surface area contributed by atoms with E-state index in [2.05, 4.69) is 22.8 Å². The minimum absolute atomic E-state index is 0.0596.